The highest BCUT2D eigenvalue weighted by atomic mass is 16.3. The van der Waals surface area contributed by atoms with Gasteiger partial charge in [-0.05, 0) is 31.3 Å². The van der Waals surface area contributed by atoms with Gasteiger partial charge in [0.1, 0.15) is 0 Å². The highest BCUT2D eigenvalue weighted by Gasteiger charge is 2.14. The zero-order chi connectivity index (χ0) is 11.4. The van der Waals surface area contributed by atoms with E-state index in [1.165, 1.54) is 5.57 Å². The van der Waals surface area contributed by atoms with Crippen molar-refractivity contribution in [2.45, 2.75) is 51.7 Å². The average molecular weight is 221 g/mol. The Morgan fingerprint density at radius 1 is 1.50 bits per heavy atom. The maximum Gasteiger partial charge on any atom is 0.0842 e. The number of allylic oxidation sites excluding steroid dienone is 1. The molecular formula is C12H19N3O. The molecule has 2 rings (SSSR count). The molecule has 16 heavy (non-hydrogen) atoms. The molecule has 88 valence electrons. The maximum absolute atomic E-state index is 9.75. The summed E-state index contributed by atoms with van der Waals surface area (Å²) < 4.78 is 1.93. The SMILES string of the molecule is CCCn1nncc1C1=CC(O)CCCC1. The molecule has 1 atom stereocenters. The third-order valence-electron chi connectivity index (χ3n) is 2.97. The van der Waals surface area contributed by atoms with Gasteiger partial charge in [-0.1, -0.05) is 24.6 Å². The van der Waals surface area contributed by atoms with E-state index in [0.29, 0.717) is 0 Å². The third kappa shape index (κ3) is 2.50. The lowest BCUT2D eigenvalue weighted by Crippen LogP contribution is -2.05. The molecule has 0 saturated carbocycles. The predicted molar refractivity (Wildman–Crippen MR) is 62.8 cm³/mol. The molecule has 1 unspecified atom stereocenters. The second kappa shape index (κ2) is 5.25. The van der Waals surface area contributed by atoms with Gasteiger partial charge in [-0.15, -0.1) is 5.10 Å². The Morgan fingerprint density at radius 3 is 3.19 bits per heavy atom. The summed E-state index contributed by atoms with van der Waals surface area (Å²) in [6.07, 6.45) is 8.65. The number of hydrogen-bond donors (Lipinski definition) is 1. The number of rotatable bonds is 3. The molecule has 0 saturated heterocycles. The van der Waals surface area contributed by atoms with Gasteiger partial charge in [0.15, 0.2) is 0 Å². The van der Waals surface area contributed by atoms with Crippen molar-refractivity contribution < 1.29 is 5.11 Å². The summed E-state index contributed by atoms with van der Waals surface area (Å²) in [6.45, 7) is 3.02. The molecule has 0 aromatic carbocycles. The minimum absolute atomic E-state index is 0.303. The molecule has 0 radical (unpaired) electrons. The van der Waals surface area contributed by atoms with Crippen molar-refractivity contribution in [3.05, 3.63) is 18.0 Å². The highest BCUT2D eigenvalue weighted by molar-refractivity contribution is 5.62. The fourth-order valence-corrected chi connectivity index (χ4v) is 2.16. The lowest BCUT2D eigenvalue weighted by molar-refractivity contribution is 0.211. The Hall–Kier alpha value is -1.16. The van der Waals surface area contributed by atoms with Gasteiger partial charge in [0.2, 0.25) is 0 Å². The molecule has 4 heteroatoms. The summed E-state index contributed by atoms with van der Waals surface area (Å²) in [6, 6.07) is 0. The van der Waals surface area contributed by atoms with Crippen LogP contribution in [0.25, 0.3) is 5.57 Å². The van der Waals surface area contributed by atoms with Gasteiger partial charge in [0.25, 0.3) is 0 Å². The first-order valence-corrected chi connectivity index (χ1v) is 6.09. The van der Waals surface area contributed by atoms with Crippen LogP contribution in [-0.4, -0.2) is 26.2 Å². The number of hydrogen-bond acceptors (Lipinski definition) is 3. The Morgan fingerprint density at radius 2 is 2.38 bits per heavy atom. The monoisotopic (exact) mass is 221 g/mol. The molecule has 1 aromatic rings. The van der Waals surface area contributed by atoms with Crippen LogP contribution in [0.5, 0.6) is 0 Å². The molecule has 1 N–H and O–H groups in total. The third-order valence-corrected chi connectivity index (χ3v) is 2.97. The van der Waals surface area contributed by atoms with E-state index < -0.39 is 0 Å². The van der Waals surface area contributed by atoms with Crippen LogP contribution >= 0.6 is 0 Å². The van der Waals surface area contributed by atoms with E-state index in [9.17, 15) is 5.11 Å². The molecule has 0 amide bonds. The fourth-order valence-electron chi connectivity index (χ4n) is 2.16. The summed E-state index contributed by atoms with van der Waals surface area (Å²) in [5.74, 6) is 0. The number of aryl methyl sites for hydroxylation is 1. The smallest absolute Gasteiger partial charge is 0.0842 e. The standard InChI is InChI=1S/C12H19N3O/c1-2-7-15-12(9-13-14-15)10-5-3-4-6-11(16)8-10/h8-9,11,16H,2-7H2,1H3. The normalized spacial score (nSPS) is 21.6. The van der Waals surface area contributed by atoms with Crippen LogP contribution < -0.4 is 0 Å². The number of aliphatic hydroxyl groups excluding tert-OH is 1. The molecule has 1 aliphatic carbocycles. The Kier molecular flexibility index (Phi) is 3.72. The molecule has 1 aliphatic rings. The van der Waals surface area contributed by atoms with Crippen molar-refractivity contribution in [2.24, 2.45) is 0 Å². The number of nitrogens with zero attached hydrogens (tertiary/aromatic N) is 3. The molecule has 0 fully saturated rings. The lowest BCUT2D eigenvalue weighted by Gasteiger charge is -2.08. The van der Waals surface area contributed by atoms with Crippen molar-refractivity contribution in [1.29, 1.82) is 0 Å². The van der Waals surface area contributed by atoms with Crippen LogP contribution in [-0.2, 0) is 6.54 Å². The van der Waals surface area contributed by atoms with E-state index in [4.69, 9.17) is 0 Å². The van der Waals surface area contributed by atoms with Crippen LogP contribution in [0.3, 0.4) is 0 Å². The van der Waals surface area contributed by atoms with E-state index >= 15 is 0 Å². The molecule has 0 spiro atoms. The van der Waals surface area contributed by atoms with E-state index in [2.05, 4.69) is 17.2 Å². The molecular weight excluding hydrogens is 202 g/mol. The van der Waals surface area contributed by atoms with E-state index in [1.807, 2.05) is 10.8 Å². The quantitative estimate of drug-likeness (QED) is 0.849. The van der Waals surface area contributed by atoms with Gasteiger partial charge >= 0.3 is 0 Å². The molecule has 1 heterocycles. The van der Waals surface area contributed by atoms with Crippen LogP contribution in [0.15, 0.2) is 12.3 Å². The zero-order valence-corrected chi connectivity index (χ0v) is 9.76. The van der Waals surface area contributed by atoms with Gasteiger partial charge in [-0.2, -0.15) is 0 Å². The molecule has 1 aromatic heterocycles. The zero-order valence-electron chi connectivity index (χ0n) is 9.76. The van der Waals surface area contributed by atoms with Crippen molar-refractivity contribution in [3.63, 3.8) is 0 Å². The summed E-state index contributed by atoms with van der Waals surface area (Å²) in [5.41, 5.74) is 2.27. The van der Waals surface area contributed by atoms with Gasteiger partial charge in [-0.25, -0.2) is 4.68 Å². The lowest BCUT2D eigenvalue weighted by atomic mass is 10.1. The van der Waals surface area contributed by atoms with Gasteiger partial charge in [0.05, 0.1) is 18.0 Å². The van der Waals surface area contributed by atoms with Crippen molar-refractivity contribution >= 4 is 5.57 Å². The number of aromatic nitrogens is 3. The summed E-state index contributed by atoms with van der Waals surface area (Å²) >= 11 is 0. The van der Waals surface area contributed by atoms with Crippen LogP contribution in [0, 0.1) is 0 Å². The highest BCUT2D eigenvalue weighted by Crippen LogP contribution is 2.25. The predicted octanol–water partition coefficient (Wildman–Crippen LogP) is 2.01. The van der Waals surface area contributed by atoms with Crippen LogP contribution in [0.1, 0.15) is 44.7 Å². The van der Waals surface area contributed by atoms with E-state index in [1.54, 1.807) is 6.20 Å². The first-order valence-electron chi connectivity index (χ1n) is 6.09. The second-order valence-corrected chi connectivity index (χ2v) is 4.35. The van der Waals surface area contributed by atoms with E-state index in [0.717, 1.165) is 44.3 Å². The largest absolute Gasteiger partial charge is 0.389 e. The Balaban J connectivity index is 2.24. The Bertz CT molecular complexity index is 370. The van der Waals surface area contributed by atoms with Crippen molar-refractivity contribution in [3.8, 4) is 0 Å². The number of aliphatic hydroxyl groups is 1. The van der Waals surface area contributed by atoms with Gasteiger partial charge in [-0.3, -0.25) is 0 Å². The molecule has 4 nitrogen and oxygen atoms in total. The summed E-state index contributed by atoms with van der Waals surface area (Å²) in [7, 11) is 0. The topological polar surface area (TPSA) is 50.9 Å². The minimum atomic E-state index is -0.303. The fraction of sp³-hybridized carbons (Fsp3) is 0.667. The average Bonchev–Trinajstić information content (AvgIpc) is 2.61. The second-order valence-electron chi connectivity index (χ2n) is 4.35. The van der Waals surface area contributed by atoms with Crippen LogP contribution in [0.2, 0.25) is 0 Å². The molecule has 0 aliphatic heterocycles. The van der Waals surface area contributed by atoms with Crippen molar-refractivity contribution in [1.82, 2.24) is 15.0 Å². The van der Waals surface area contributed by atoms with Gasteiger partial charge < -0.3 is 5.11 Å². The van der Waals surface area contributed by atoms with Gasteiger partial charge in [0, 0.05) is 6.54 Å². The Labute approximate surface area is 96.0 Å². The maximum atomic E-state index is 9.75. The van der Waals surface area contributed by atoms with Crippen LogP contribution in [0.4, 0.5) is 0 Å². The minimum Gasteiger partial charge on any atom is -0.389 e. The first-order chi connectivity index (χ1) is 7.81. The van der Waals surface area contributed by atoms with Crippen molar-refractivity contribution in [2.75, 3.05) is 0 Å². The van der Waals surface area contributed by atoms with E-state index in [-0.39, 0.29) is 6.10 Å². The summed E-state index contributed by atoms with van der Waals surface area (Å²) in [4.78, 5) is 0. The molecule has 0 bridgehead atoms. The summed E-state index contributed by atoms with van der Waals surface area (Å²) in [5, 5.41) is 17.8. The first kappa shape index (κ1) is 11.3.